The van der Waals surface area contributed by atoms with Crippen LogP contribution in [-0.4, -0.2) is 30.0 Å². The monoisotopic (exact) mass is 354 g/mol. The van der Waals surface area contributed by atoms with Crippen molar-refractivity contribution in [2.24, 2.45) is 0 Å². The third-order valence-electron chi connectivity index (χ3n) is 3.59. The Balaban J connectivity index is 1.97. The molecule has 10 nitrogen and oxygen atoms in total. The normalized spacial score (nSPS) is 10.5. The summed E-state index contributed by atoms with van der Waals surface area (Å²) in [7, 11) is 0. The van der Waals surface area contributed by atoms with Crippen molar-refractivity contribution in [1.29, 1.82) is 0 Å². The minimum atomic E-state index is -0.712. The minimum absolute atomic E-state index is 0.324. The fourth-order valence-corrected chi connectivity index (χ4v) is 2.28. The number of hydrogen-bond donors (Lipinski definition) is 2. The Bertz CT molecular complexity index is 937. The van der Waals surface area contributed by atoms with Gasteiger partial charge in [0.25, 0.3) is 0 Å². The number of nitrogens with zero attached hydrogens (tertiary/aromatic N) is 4. The van der Waals surface area contributed by atoms with Gasteiger partial charge in [-0.25, -0.2) is 0 Å². The lowest BCUT2D eigenvalue weighted by Crippen LogP contribution is -1.93. The zero-order valence-corrected chi connectivity index (χ0v) is 12.9. The number of hydrogen-bond acceptors (Lipinski definition) is 8. The van der Waals surface area contributed by atoms with Crippen molar-refractivity contribution >= 4 is 11.4 Å². The molecule has 0 bridgehead atoms. The van der Waals surface area contributed by atoms with E-state index in [-0.39, 0.29) is 0 Å². The molecule has 0 fully saturated rings. The van der Waals surface area contributed by atoms with E-state index in [0.717, 1.165) is 0 Å². The van der Waals surface area contributed by atoms with Crippen LogP contribution in [0.1, 0.15) is 0 Å². The first-order chi connectivity index (χ1) is 12.4. The van der Waals surface area contributed by atoms with E-state index in [9.17, 15) is 30.4 Å². The average molecular weight is 354 g/mol. The Morgan fingerprint density at radius 2 is 1.12 bits per heavy atom. The van der Waals surface area contributed by atoms with Crippen LogP contribution in [0.25, 0.3) is 22.5 Å². The molecule has 1 heterocycles. The van der Waals surface area contributed by atoms with Crippen LogP contribution in [0.2, 0.25) is 0 Å². The summed E-state index contributed by atoms with van der Waals surface area (Å²) in [6, 6.07) is 7.63. The largest absolute Gasteiger partial charge is 0.502 e. The van der Waals surface area contributed by atoms with Gasteiger partial charge in [0.2, 0.25) is 0 Å². The van der Waals surface area contributed by atoms with Crippen LogP contribution in [0.4, 0.5) is 11.4 Å². The van der Waals surface area contributed by atoms with E-state index in [1.54, 1.807) is 0 Å². The predicted molar refractivity (Wildman–Crippen MR) is 89.5 cm³/mol. The molecule has 0 aliphatic carbocycles. The van der Waals surface area contributed by atoms with E-state index in [1.807, 2.05) is 0 Å². The minimum Gasteiger partial charge on any atom is -0.502 e. The maximum Gasteiger partial charge on any atom is 0.311 e. The molecular formula is C16H10N4O6. The highest BCUT2D eigenvalue weighted by Gasteiger charge is 2.17. The summed E-state index contributed by atoms with van der Waals surface area (Å²) < 4.78 is 0. The van der Waals surface area contributed by atoms with Crippen LogP contribution < -0.4 is 0 Å². The Hall–Kier alpha value is -4.08. The molecule has 130 valence electrons. The first kappa shape index (κ1) is 16.8. The molecule has 2 N–H and O–H groups in total. The lowest BCUT2D eigenvalue weighted by molar-refractivity contribution is -0.385. The lowest BCUT2D eigenvalue weighted by atomic mass is 10.1. The highest BCUT2D eigenvalue weighted by Crippen LogP contribution is 2.32. The van der Waals surface area contributed by atoms with Gasteiger partial charge >= 0.3 is 11.4 Å². The molecule has 0 aliphatic rings. The van der Waals surface area contributed by atoms with Crippen molar-refractivity contribution < 1.29 is 20.1 Å². The van der Waals surface area contributed by atoms with Gasteiger partial charge in [0.1, 0.15) is 0 Å². The van der Waals surface area contributed by atoms with Crippen molar-refractivity contribution in [1.82, 2.24) is 9.97 Å². The summed E-state index contributed by atoms with van der Waals surface area (Å²) in [4.78, 5) is 28.7. The predicted octanol–water partition coefficient (Wildman–Crippen LogP) is 3.04. The maximum atomic E-state index is 10.9. The van der Waals surface area contributed by atoms with Crippen molar-refractivity contribution in [2.45, 2.75) is 0 Å². The second-order valence-corrected chi connectivity index (χ2v) is 5.21. The van der Waals surface area contributed by atoms with Gasteiger partial charge in [-0.2, -0.15) is 0 Å². The smallest absolute Gasteiger partial charge is 0.311 e. The van der Waals surface area contributed by atoms with Crippen LogP contribution >= 0.6 is 0 Å². The Labute approximate surface area is 145 Å². The highest BCUT2D eigenvalue weighted by atomic mass is 16.6. The van der Waals surface area contributed by atoms with Gasteiger partial charge in [0.05, 0.1) is 33.6 Å². The molecule has 0 saturated carbocycles. The van der Waals surface area contributed by atoms with E-state index >= 15 is 0 Å². The standard InChI is InChI=1S/C16H10N4O6/c21-15-3-1-9(5-13(15)19(23)24)11-7-18-12(8-17-11)10-2-4-16(22)14(6-10)20(25)26/h1-8,21-22H. The molecular weight excluding hydrogens is 344 g/mol. The fraction of sp³-hybridized carbons (Fsp3) is 0. The van der Waals surface area contributed by atoms with Gasteiger partial charge in [-0.1, -0.05) is 0 Å². The van der Waals surface area contributed by atoms with Gasteiger partial charge < -0.3 is 10.2 Å². The summed E-state index contributed by atoms with van der Waals surface area (Å²) in [6.07, 6.45) is 2.70. The second-order valence-electron chi connectivity index (χ2n) is 5.21. The second kappa shape index (κ2) is 6.43. The first-order valence-electron chi connectivity index (χ1n) is 7.14. The van der Waals surface area contributed by atoms with E-state index in [2.05, 4.69) is 9.97 Å². The van der Waals surface area contributed by atoms with Crippen LogP contribution in [0.3, 0.4) is 0 Å². The molecule has 0 aliphatic heterocycles. The molecule has 3 aromatic rings. The van der Waals surface area contributed by atoms with E-state index < -0.39 is 32.7 Å². The van der Waals surface area contributed by atoms with Gasteiger partial charge in [0.15, 0.2) is 11.5 Å². The molecule has 1 aromatic heterocycles. The van der Waals surface area contributed by atoms with Crippen molar-refractivity contribution in [2.75, 3.05) is 0 Å². The maximum absolute atomic E-state index is 10.9. The Kier molecular flexibility index (Phi) is 4.15. The fourth-order valence-electron chi connectivity index (χ4n) is 2.28. The van der Waals surface area contributed by atoms with Gasteiger partial charge in [0, 0.05) is 23.3 Å². The molecule has 0 amide bonds. The zero-order valence-electron chi connectivity index (χ0n) is 12.9. The van der Waals surface area contributed by atoms with Crippen LogP contribution in [0.5, 0.6) is 11.5 Å². The molecule has 0 spiro atoms. The topological polar surface area (TPSA) is 153 Å². The summed E-state index contributed by atoms with van der Waals surface area (Å²) >= 11 is 0. The Morgan fingerprint density at radius 3 is 1.42 bits per heavy atom. The van der Waals surface area contributed by atoms with E-state index in [1.165, 1.54) is 48.8 Å². The van der Waals surface area contributed by atoms with E-state index in [0.29, 0.717) is 22.5 Å². The van der Waals surface area contributed by atoms with Crippen LogP contribution in [0.15, 0.2) is 48.8 Å². The number of phenolic OH excluding ortho intramolecular Hbond substituents is 2. The van der Waals surface area contributed by atoms with Gasteiger partial charge in [-0.15, -0.1) is 0 Å². The number of aromatic hydroxyl groups is 2. The number of aromatic nitrogens is 2. The van der Waals surface area contributed by atoms with Crippen molar-refractivity contribution in [3.05, 3.63) is 69.0 Å². The molecule has 2 aromatic carbocycles. The SMILES string of the molecule is O=[N+]([O-])c1cc(-c2cnc(-c3ccc(O)c([N+](=O)[O-])c3)cn2)ccc1O. The molecule has 0 radical (unpaired) electrons. The molecule has 10 heteroatoms. The van der Waals surface area contributed by atoms with Crippen LogP contribution in [0, 0.1) is 20.2 Å². The highest BCUT2D eigenvalue weighted by molar-refractivity contribution is 5.68. The van der Waals surface area contributed by atoms with E-state index in [4.69, 9.17) is 0 Å². The lowest BCUT2D eigenvalue weighted by Gasteiger charge is -2.05. The van der Waals surface area contributed by atoms with Crippen LogP contribution in [-0.2, 0) is 0 Å². The summed E-state index contributed by atoms with van der Waals surface area (Å²) in [5.41, 5.74) is 0.496. The average Bonchev–Trinajstić information content (AvgIpc) is 2.62. The Morgan fingerprint density at radius 1 is 0.731 bits per heavy atom. The molecule has 0 saturated heterocycles. The molecule has 0 atom stereocenters. The van der Waals surface area contributed by atoms with Gasteiger partial charge in [-0.3, -0.25) is 30.2 Å². The quantitative estimate of drug-likeness (QED) is 0.535. The third kappa shape index (κ3) is 3.11. The van der Waals surface area contributed by atoms with Gasteiger partial charge in [-0.05, 0) is 24.3 Å². The molecule has 3 rings (SSSR count). The summed E-state index contributed by atoms with van der Waals surface area (Å²) in [5.74, 6) is -0.917. The number of phenols is 2. The molecule has 26 heavy (non-hydrogen) atoms. The number of benzene rings is 2. The number of nitro groups is 2. The van der Waals surface area contributed by atoms with Crippen molar-refractivity contribution in [3.63, 3.8) is 0 Å². The third-order valence-corrected chi connectivity index (χ3v) is 3.59. The summed E-state index contributed by atoms with van der Waals surface area (Å²) in [5, 5.41) is 40.8. The number of nitro benzene ring substituents is 2. The van der Waals surface area contributed by atoms with Crippen molar-refractivity contribution in [3.8, 4) is 34.0 Å². The first-order valence-corrected chi connectivity index (χ1v) is 7.14. The summed E-state index contributed by atoms with van der Waals surface area (Å²) in [6.45, 7) is 0. The zero-order chi connectivity index (χ0) is 18.8. The molecule has 0 unspecified atom stereocenters. The number of rotatable bonds is 4.